The van der Waals surface area contributed by atoms with E-state index in [1.54, 1.807) is 27.7 Å². The number of carbonyl (C=O) groups is 3. The molecule has 9 nitrogen and oxygen atoms in total. The van der Waals surface area contributed by atoms with E-state index in [-0.39, 0.29) is 25.7 Å². The summed E-state index contributed by atoms with van der Waals surface area (Å²) >= 11 is 0. The van der Waals surface area contributed by atoms with Gasteiger partial charge in [-0.15, -0.1) is 0 Å². The van der Waals surface area contributed by atoms with Crippen molar-refractivity contribution in [3.8, 4) is 11.1 Å². The van der Waals surface area contributed by atoms with E-state index in [0.29, 0.717) is 0 Å². The highest BCUT2D eigenvalue weighted by molar-refractivity contribution is 5.89. The lowest BCUT2D eigenvalue weighted by Gasteiger charge is -2.27. The lowest BCUT2D eigenvalue weighted by molar-refractivity contribution is -0.146. The van der Waals surface area contributed by atoms with Gasteiger partial charge >= 0.3 is 12.1 Å². The molecule has 3 atom stereocenters. The van der Waals surface area contributed by atoms with Gasteiger partial charge in [0.25, 0.3) is 0 Å². The van der Waals surface area contributed by atoms with Crippen LogP contribution in [-0.4, -0.2) is 60.1 Å². The van der Waals surface area contributed by atoms with Gasteiger partial charge in [0.05, 0.1) is 24.9 Å². The summed E-state index contributed by atoms with van der Waals surface area (Å²) in [6.45, 7) is 7.00. The maximum Gasteiger partial charge on any atom is 0.407 e. The van der Waals surface area contributed by atoms with Crippen molar-refractivity contribution in [1.29, 1.82) is 0 Å². The zero-order chi connectivity index (χ0) is 30.3. The normalized spacial score (nSPS) is 14.7. The summed E-state index contributed by atoms with van der Waals surface area (Å²) in [5, 5.41) is 14.8. The second-order valence-corrected chi connectivity index (χ2v) is 11.3. The van der Waals surface area contributed by atoms with Gasteiger partial charge in [-0.05, 0) is 55.5 Å². The number of carboxylic acid groups (broad SMARTS) is 1. The molecule has 0 heterocycles. The van der Waals surface area contributed by atoms with E-state index in [9.17, 15) is 19.5 Å². The lowest BCUT2D eigenvalue weighted by Crippen LogP contribution is -2.57. The standard InChI is InChI=1S/C33H38N2O7/c1-21(40-18-22-12-6-5-7-13-22)29(30(36)34-28(31(37)38)20-42-33(2,3)4)35-32(39)41-19-27-25-16-10-8-14-23(25)24-15-9-11-17-26(24)27/h5-17,21,27-29H,18-20H2,1-4H3,(H,34,36)(H,35,39)(H,37,38)/t21-,28-,29+/m0/s1. The predicted molar refractivity (Wildman–Crippen MR) is 158 cm³/mol. The van der Waals surface area contributed by atoms with Crippen molar-refractivity contribution in [2.75, 3.05) is 13.2 Å². The van der Waals surface area contributed by atoms with Gasteiger partial charge in [-0.25, -0.2) is 9.59 Å². The van der Waals surface area contributed by atoms with Gasteiger partial charge in [-0.1, -0.05) is 78.9 Å². The molecule has 0 aromatic heterocycles. The molecule has 2 amide bonds. The number of amides is 2. The minimum Gasteiger partial charge on any atom is -0.480 e. The number of hydrogen-bond donors (Lipinski definition) is 3. The van der Waals surface area contributed by atoms with Crippen molar-refractivity contribution in [3.63, 3.8) is 0 Å². The van der Waals surface area contributed by atoms with E-state index >= 15 is 0 Å². The van der Waals surface area contributed by atoms with Crippen LogP contribution in [0.25, 0.3) is 11.1 Å². The van der Waals surface area contributed by atoms with Gasteiger partial charge in [-0.2, -0.15) is 0 Å². The van der Waals surface area contributed by atoms with Crippen LogP contribution in [0.15, 0.2) is 78.9 Å². The van der Waals surface area contributed by atoms with Crippen LogP contribution in [0.3, 0.4) is 0 Å². The molecule has 3 aromatic carbocycles. The highest BCUT2D eigenvalue weighted by Gasteiger charge is 2.34. The molecular formula is C33H38N2O7. The molecule has 222 valence electrons. The molecule has 0 aliphatic heterocycles. The molecular weight excluding hydrogens is 536 g/mol. The molecule has 0 fully saturated rings. The second-order valence-electron chi connectivity index (χ2n) is 11.3. The second kappa shape index (κ2) is 13.6. The van der Waals surface area contributed by atoms with Crippen LogP contribution in [0.5, 0.6) is 0 Å². The number of aliphatic carboxylic acids is 1. The minimum atomic E-state index is -1.33. The number of rotatable bonds is 12. The topological polar surface area (TPSA) is 123 Å². The van der Waals surface area contributed by atoms with E-state index in [0.717, 1.165) is 27.8 Å². The summed E-state index contributed by atoms with van der Waals surface area (Å²) in [6, 6.07) is 22.8. The molecule has 0 saturated heterocycles. The monoisotopic (exact) mass is 574 g/mol. The first-order valence-electron chi connectivity index (χ1n) is 14.0. The van der Waals surface area contributed by atoms with Gasteiger partial charge < -0.3 is 30.0 Å². The van der Waals surface area contributed by atoms with Crippen LogP contribution in [0.1, 0.15) is 50.3 Å². The third kappa shape index (κ3) is 7.96. The third-order valence-electron chi connectivity index (χ3n) is 7.02. The van der Waals surface area contributed by atoms with E-state index in [2.05, 4.69) is 10.6 Å². The van der Waals surface area contributed by atoms with Crippen LogP contribution < -0.4 is 10.6 Å². The summed E-state index contributed by atoms with van der Waals surface area (Å²) < 4.78 is 17.2. The smallest absolute Gasteiger partial charge is 0.407 e. The number of ether oxygens (including phenoxy) is 3. The maximum atomic E-state index is 13.4. The molecule has 0 radical (unpaired) electrons. The highest BCUT2D eigenvalue weighted by atomic mass is 16.5. The fraction of sp³-hybridized carbons (Fsp3) is 0.364. The van der Waals surface area contributed by atoms with Crippen molar-refractivity contribution in [2.24, 2.45) is 0 Å². The largest absolute Gasteiger partial charge is 0.480 e. The molecule has 1 aliphatic rings. The minimum absolute atomic E-state index is 0.0601. The van der Waals surface area contributed by atoms with Gasteiger partial charge in [0.15, 0.2) is 6.04 Å². The number of alkyl carbamates (subject to hydrolysis) is 1. The molecule has 0 saturated carbocycles. The quantitative estimate of drug-likeness (QED) is 0.282. The number of carbonyl (C=O) groups excluding carboxylic acids is 2. The van der Waals surface area contributed by atoms with E-state index < -0.39 is 41.8 Å². The number of fused-ring (bicyclic) bond motifs is 3. The summed E-state index contributed by atoms with van der Waals surface area (Å²) in [5.74, 6) is -2.15. The average molecular weight is 575 g/mol. The Morgan fingerprint density at radius 1 is 0.857 bits per heavy atom. The number of carboxylic acids is 1. The summed E-state index contributed by atoms with van der Waals surface area (Å²) in [7, 11) is 0. The molecule has 4 rings (SSSR count). The van der Waals surface area contributed by atoms with E-state index in [1.165, 1.54) is 0 Å². The Labute approximate surface area is 246 Å². The van der Waals surface area contributed by atoms with Crippen LogP contribution in [-0.2, 0) is 30.4 Å². The molecule has 0 unspecified atom stereocenters. The Morgan fingerprint density at radius 3 is 2.00 bits per heavy atom. The molecule has 3 N–H and O–H groups in total. The number of hydrogen-bond acceptors (Lipinski definition) is 6. The zero-order valence-electron chi connectivity index (χ0n) is 24.3. The Morgan fingerprint density at radius 2 is 1.43 bits per heavy atom. The van der Waals surface area contributed by atoms with Crippen LogP contribution in [0.2, 0.25) is 0 Å². The molecule has 42 heavy (non-hydrogen) atoms. The van der Waals surface area contributed by atoms with Gasteiger partial charge in [0.2, 0.25) is 5.91 Å². The van der Waals surface area contributed by atoms with Gasteiger partial charge in [0.1, 0.15) is 12.6 Å². The summed E-state index contributed by atoms with van der Waals surface area (Å²) in [6.07, 6.45) is -1.63. The first-order valence-corrected chi connectivity index (χ1v) is 14.0. The Hall–Kier alpha value is -4.21. The lowest BCUT2D eigenvalue weighted by atomic mass is 9.98. The van der Waals surface area contributed by atoms with Crippen molar-refractivity contribution in [3.05, 3.63) is 95.6 Å². The fourth-order valence-electron chi connectivity index (χ4n) is 4.83. The first kappa shape index (κ1) is 30.7. The molecule has 1 aliphatic carbocycles. The highest BCUT2D eigenvalue weighted by Crippen LogP contribution is 2.44. The maximum absolute atomic E-state index is 13.4. The summed E-state index contributed by atoms with van der Waals surface area (Å²) in [5.41, 5.74) is 4.58. The zero-order valence-corrected chi connectivity index (χ0v) is 24.3. The van der Waals surface area contributed by atoms with Crippen LogP contribution in [0.4, 0.5) is 4.79 Å². The Balaban J connectivity index is 1.46. The van der Waals surface area contributed by atoms with Crippen LogP contribution >= 0.6 is 0 Å². The predicted octanol–water partition coefficient (Wildman–Crippen LogP) is 4.88. The Bertz CT molecular complexity index is 1340. The van der Waals surface area contributed by atoms with Gasteiger partial charge in [0, 0.05) is 5.92 Å². The third-order valence-corrected chi connectivity index (χ3v) is 7.02. The molecule has 3 aromatic rings. The van der Waals surface area contributed by atoms with Gasteiger partial charge in [-0.3, -0.25) is 4.79 Å². The number of nitrogens with one attached hydrogen (secondary N) is 2. The van der Waals surface area contributed by atoms with E-state index in [1.807, 2.05) is 78.9 Å². The SMILES string of the molecule is C[C@H](OCc1ccccc1)[C@@H](NC(=O)OCC1c2ccccc2-c2ccccc21)C(=O)N[C@@H](COC(C)(C)C)C(=O)O. The van der Waals surface area contributed by atoms with E-state index in [4.69, 9.17) is 14.2 Å². The molecule has 0 bridgehead atoms. The first-order chi connectivity index (χ1) is 20.0. The van der Waals surface area contributed by atoms with Crippen molar-refractivity contribution < 1.29 is 33.7 Å². The number of benzene rings is 3. The summed E-state index contributed by atoms with van der Waals surface area (Å²) in [4.78, 5) is 38.4. The Kier molecular flexibility index (Phi) is 9.98. The van der Waals surface area contributed by atoms with Crippen molar-refractivity contribution in [1.82, 2.24) is 10.6 Å². The molecule has 0 spiro atoms. The van der Waals surface area contributed by atoms with Crippen molar-refractivity contribution in [2.45, 2.75) is 64.0 Å². The van der Waals surface area contributed by atoms with Crippen LogP contribution in [0, 0.1) is 0 Å². The average Bonchev–Trinajstić information content (AvgIpc) is 3.29. The molecule has 9 heteroatoms. The van der Waals surface area contributed by atoms with Crippen molar-refractivity contribution >= 4 is 18.0 Å². The fourth-order valence-corrected chi connectivity index (χ4v) is 4.83.